The molecule has 0 aliphatic carbocycles. The predicted octanol–water partition coefficient (Wildman–Crippen LogP) is 6.01. The predicted molar refractivity (Wildman–Crippen MR) is 85.9 cm³/mol. The number of thioether (sulfide) groups is 1. The fourth-order valence-corrected chi connectivity index (χ4v) is 3.86. The van der Waals surface area contributed by atoms with Crippen molar-refractivity contribution < 1.29 is 19.4 Å². The molecule has 0 spiro atoms. The van der Waals surface area contributed by atoms with Crippen LogP contribution in [0.2, 0.25) is 10.0 Å². The molecule has 0 unspecified atom stereocenters. The number of hydrogen-bond acceptors (Lipinski definition) is 4. The van der Waals surface area contributed by atoms with Gasteiger partial charge in [0.1, 0.15) is 22.5 Å². The molecule has 4 nitrogen and oxygen atoms in total. The van der Waals surface area contributed by atoms with Crippen LogP contribution >= 0.6 is 45.2 Å². The molecular weight excluding hydrogens is 418 g/mol. The minimum Gasteiger partial charge on any atom is -0.383 e. The maximum absolute atomic E-state index is 12.9. The topological polar surface area (TPSA) is 67.6 Å². The van der Waals surface area contributed by atoms with E-state index in [0.29, 0.717) is 0 Å². The maximum Gasteiger partial charge on any atom is 0.310 e. The van der Waals surface area contributed by atoms with Gasteiger partial charge in [0, 0.05) is 0 Å². The lowest BCUT2D eigenvalue weighted by Gasteiger charge is -2.40. The molecule has 24 heavy (non-hydrogen) atoms. The number of rotatable bonds is 3. The third-order valence-electron chi connectivity index (χ3n) is 2.83. The van der Waals surface area contributed by atoms with Gasteiger partial charge in [0.05, 0.1) is 14.9 Å². The van der Waals surface area contributed by atoms with Crippen LogP contribution in [0.25, 0.3) is 5.69 Å². The van der Waals surface area contributed by atoms with E-state index in [1.807, 2.05) is 0 Å². The number of nitrogen functional groups attached to an aromatic ring is 1. The van der Waals surface area contributed by atoms with Crippen molar-refractivity contribution in [3.05, 3.63) is 27.9 Å². The van der Waals surface area contributed by atoms with Crippen molar-refractivity contribution in [3.63, 3.8) is 0 Å². The molecule has 0 aliphatic rings. The molecule has 2 aromatic rings. The molecule has 0 atom stereocenters. The minimum absolute atomic E-state index is 0.0518. The van der Waals surface area contributed by atoms with Gasteiger partial charge in [-0.3, -0.25) is 0 Å². The number of nitrogens with two attached hydrogens (primary N) is 1. The second-order valence-electron chi connectivity index (χ2n) is 4.50. The van der Waals surface area contributed by atoms with Gasteiger partial charge in [0.2, 0.25) is 0 Å². The molecule has 0 radical (unpaired) electrons. The fraction of sp³-hybridized carbons (Fsp3) is 0.0909. The van der Waals surface area contributed by atoms with E-state index in [0.717, 1.165) is 16.4 Å². The van der Waals surface area contributed by atoms with Crippen LogP contribution in [0.3, 0.4) is 0 Å². The van der Waals surface area contributed by atoms with Crippen molar-refractivity contribution in [1.29, 1.82) is 5.26 Å². The van der Waals surface area contributed by atoms with E-state index in [1.54, 1.807) is 12.3 Å². The summed E-state index contributed by atoms with van der Waals surface area (Å²) >= 11 is 12.5. The zero-order chi connectivity index (χ0) is 18.6. The molecule has 0 saturated heterocycles. The van der Waals surface area contributed by atoms with E-state index in [2.05, 4.69) is 5.10 Å². The highest BCUT2D eigenvalue weighted by Gasteiger charge is 2.65. The van der Waals surface area contributed by atoms with Gasteiger partial charge in [0.25, 0.3) is 0 Å². The summed E-state index contributed by atoms with van der Waals surface area (Å²) in [6.07, 6.45) is 1.60. The second kappa shape index (κ2) is 5.08. The Kier molecular flexibility index (Phi) is 4.01. The van der Waals surface area contributed by atoms with Gasteiger partial charge in [-0.2, -0.15) is 10.4 Å². The maximum atomic E-state index is 12.9. The van der Waals surface area contributed by atoms with Crippen LogP contribution in [-0.2, 0) is 0 Å². The van der Waals surface area contributed by atoms with Gasteiger partial charge < -0.3 is 5.73 Å². The molecule has 0 aliphatic heterocycles. The summed E-state index contributed by atoms with van der Waals surface area (Å²) in [6.45, 7) is 0. The van der Waals surface area contributed by atoms with Crippen molar-refractivity contribution >= 4 is 51.0 Å². The molecular formula is C11H7Cl2F5N4S2. The normalized spacial score (nSPS) is 14.8. The van der Waals surface area contributed by atoms with E-state index >= 15 is 0 Å². The summed E-state index contributed by atoms with van der Waals surface area (Å²) in [4.78, 5) is -1.98. The molecule has 0 amide bonds. The molecule has 1 aromatic carbocycles. The molecule has 1 heterocycles. The van der Waals surface area contributed by atoms with Crippen LogP contribution in [-0.4, -0.2) is 16.0 Å². The van der Waals surface area contributed by atoms with Gasteiger partial charge in [-0.25, -0.2) is 4.68 Å². The Morgan fingerprint density at radius 1 is 1.21 bits per heavy atom. The number of hydrogen-bond donors (Lipinski definition) is 1. The number of aromatic nitrogens is 2. The summed E-state index contributed by atoms with van der Waals surface area (Å²) in [6, 6.07) is 1.85. The van der Waals surface area contributed by atoms with Crippen molar-refractivity contribution in [2.45, 2.75) is 9.79 Å². The lowest BCUT2D eigenvalue weighted by Crippen LogP contribution is -2.09. The standard InChI is InChI=1S/C11H7Cl2F5N4S2/c1-23-10-8(4-19)21-22(11(10)20)9-6(12)2-5(3-7(9)13)24(14,15,16,17)18/h2-3H,20H2,1H3. The Balaban J connectivity index is 2.77. The molecule has 1 aromatic heterocycles. The van der Waals surface area contributed by atoms with Crippen LogP contribution in [0, 0.1) is 11.3 Å². The number of nitrogens with zero attached hydrogens (tertiary/aromatic N) is 3. The first-order valence-corrected chi connectivity index (χ1v) is 9.69. The number of benzene rings is 1. The van der Waals surface area contributed by atoms with Crippen LogP contribution in [0.5, 0.6) is 0 Å². The van der Waals surface area contributed by atoms with Gasteiger partial charge in [0.15, 0.2) is 5.69 Å². The quantitative estimate of drug-likeness (QED) is 0.483. The number of nitriles is 1. The first kappa shape index (κ1) is 19.0. The number of anilines is 1. The van der Waals surface area contributed by atoms with Gasteiger partial charge in [-0.05, 0) is 18.4 Å². The Bertz CT molecular complexity index is 866. The van der Waals surface area contributed by atoms with E-state index in [9.17, 15) is 19.4 Å². The summed E-state index contributed by atoms with van der Waals surface area (Å²) in [5.74, 6) is -0.108. The van der Waals surface area contributed by atoms with Gasteiger partial charge >= 0.3 is 10.2 Å². The highest BCUT2D eigenvalue weighted by Crippen LogP contribution is 3.02. The molecule has 2 N–H and O–H groups in total. The van der Waals surface area contributed by atoms with E-state index in [1.165, 1.54) is 0 Å². The second-order valence-corrected chi connectivity index (χ2v) is 8.54. The number of halogens is 7. The van der Waals surface area contributed by atoms with Crippen molar-refractivity contribution in [2.75, 3.05) is 12.0 Å². The summed E-state index contributed by atoms with van der Waals surface area (Å²) < 4.78 is 65.3. The average molecular weight is 425 g/mol. The Labute approximate surface area is 147 Å². The minimum atomic E-state index is -9.95. The first-order valence-electron chi connectivity index (χ1n) is 5.75. The molecule has 2 rings (SSSR count). The largest absolute Gasteiger partial charge is 0.383 e. The lowest BCUT2D eigenvalue weighted by molar-refractivity contribution is 0.364. The average Bonchev–Trinajstić information content (AvgIpc) is 2.72. The molecule has 132 valence electrons. The van der Waals surface area contributed by atoms with Crippen molar-refractivity contribution in [1.82, 2.24) is 9.78 Å². The van der Waals surface area contributed by atoms with Crippen molar-refractivity contribution in [3.8, 4) is 11.8 Å². The SMILES string of the molecule is CSc1c(C#N)nn(-c2c(Cl)cc(S(F)(F)(F)(F)F)cc2Cl)c1N. The third kappa shape index (κ3) is 3.37. The summed E-state index contributed by atoms with van der Waals surface area (Å²) in [5.41, 5.74) is 5.34. The lowest BCUT2D eigenvalue weighted by atomic mass is 10.3. The smallest absolute Gasteiger partial charge is 0.310 e. The molecule has 0 saturated carbocycles. The van der Waals surface area contributed by atoms with Gasteiger partial charge in [-0.15, -0.1) is 11.8 Å². The Morgan fingerprint density at radius 3 is 2.04 bits per heavy atom. The van der Waals surface area contributed by atoms with E-state index < -0.39 is 25.2 Å². The van der Waals surface area contributed by atoms with E-state index in [4.69, 9.17) is 34.2 Å². The summed E-state index contributed by atoms with van der Waals surface area (Å²) in [7, 11) is -9.95. The summed E-state index contributed by atoms with van der Waals surface area (Å²) in [5, 5.41) is 11.3. The molecule has 13 heteroatoms. The van der Waals surface area contributed by atoms with E-state index in [-0.39, 0.29) is 34.2 Å². The van der Waals surface area contributed by atoms with Crippen LogP contribution < -0.4 is 5.73 Å². The highest BCUT2D eigenvalue weighted by molar-refractivity contribution is 8.45. The Morgan fingerprint density at radius 2 is 1.71 bits per heavy atom. The Hall–Kier alpha value is -1.35. The van der Waals surface area contributed by atoms with Gasteiger partial charge in [-0.1, -0.05) is 42.6 Å². The van der Waals surface area contributed by atoms with Crippen LogP contribution in [0.15, 0.2) is 21.9 Å². The molecule has 0 fully saturated rings. The zero-order valence-electron chi connectivity index (χ0n) is 11.5. The van der Waals surface area contributed by atoms with Crippen LogP contribution in [0.4, 0.5) is 25.2 Å². The first-order chi connectivity index (χ1) is 10.7. The van der Waals surface area contributed by atoms with Crippen LogP contribution in [0.1, 0.15) is 5.69 Å². The highest BCUT2D eigenvalue weighted by atomic mass is 35.5. The third-order valence-corrected chi connectivity index (χ3v) is 5.35. The van der Waals surface area contributed by atoms with Crippen molar-refractivity contribution in [2.24, 2.45) is 0 Å². The zero-order valence-corrected chi connectivity index (χ0v) is 14.7. The fourth-order valence-electron chi connectivity index (χ4n) is 1.83. The monoisotopic (exact) mass is 424 g/mol. The molecule has 0 bridgehead atoms.